The van der Waals surface area contributed by atoms with Crippen molar-refractivity contribution in [1.82, 2.24) is 5.32 Å². The minimum atomic E-state index is -1.06. The van der Waals surface area contributed by atoms with E-state index >= 15 is 0 Å². The molecule has 2 N–H and O–H groups in total. The number of carboxylic acids is 1. The quantitative estimate of drug-likeness (QED) is 0.788. The number of halogens is 1. The summed E-state index contributed by atoms with van der Waals surface area (Å²) < 4.78 is 0. The molecule has 1 aromatic rings. The normalized spacial score (nSPS) is 11.7. The highest BCUT2D eigenvalue weighted by Gasteiger charge is 2.19. The second-order valence-electron chi connectivity index (χ2n) is 4.19. The third-order valence-electron chi connectivity index (χ3n) is 2.70. The molecule has 5 heteroatoms. The van der Waals surface area contributed by atoms with Gasteiger partial charge < -0.3 is 10.4 Å². The van der Waals surface area contributed by atoms with Crippen molar-refractivity contribution in [3.05, 3.63) is 47.0 Å². The number of carbonyl (C=O) groups is 2. The second kappa shape index (κ2) is 6.95. The lowest BCUT2D eigenvalue weighted by molar-refractivity contribution is -0.139. The van der Waals surface area contributed by atoms with Gasteiger partial charge in [0.05, 0.1) is 0 Å². The Morgan fingerprint density at radius 1 is 1.53 bits per heavy atom. The molecule has 0 heterocycles. The monoisotopic (exact) mass is 281 g/mol. The summed E-state index contributed by atoms with van der Waals surface area (Å²) in [7, 11) is 0. The van der Waals surface area contributed by atoms with Gasteiger partial charge >= 0.3 is 5.97 Å². The first-order valence-electron chi connectivity index (χ1n) is 5.86. The van der Waals surface area contributed by atoms with Crippen LogP contribution in [0.25, 0.3) is 0 Å². The molecule has 0 fully saturated rings. The van der Waals surface area contributed by atoms with Crippen LogP contribution in [0, 0.1) is 6.92 Å². The average Bonchev–Trinajstić information content (AvgIpc) is 2.37. The predicted octanol–water partition coefficient (Wildman–Crippen LogP) is 2.80. The number of aryl methyl sites for hydroxylation is 1. The molecule has 0 aromatic heterocycles. The summed E-state index contributed by atoms with van der Waals surface area (Å²) in [6.45, 7) is 5.36. The Kier molecular flexibility index (Phi) is 5.57. The highest BCUT2D eigenvalue weighted by molar-refractivity contribution is 6.31. The van der Waals surface area contributed by atoms with E-state index in [4.69, 9.17) is 16.7 Å². The molecular weight excluding hydrogens is 266 g/mol. The molecule has 0 aliphatic rings. The van der Waals surface area contributed by atoms with E-state index in [9.17, 15) is 9.59 Å². The number of aliphatic carboxylic acids is 1. The molecule has 0 bridgehead atoms. The predicted molar refractivity (Wildman–Crippen MR) is 74.5 cm³/mol. The largest absolute Gasteiger partial charge is 0.480 e. The highest BCUT2D eigenvalue weighted by atomic mass is 35.5. The van der Waals surface area contributed by atoms with Crippen LogP contribution >= 0.6 is 11.6 Å². The van der Waals surface area contributed by atoms with Crippen LogP contribution in [0.5, 0.6) is 0 Å². The summed E-state index contributed by atoms with van der Waals surface area (Å²) in [5, 5.41) is 12.0. The van der Waals surface area contributed by atoms with Crippen LogP contribution in [-0.2, 0) is 4.79 Å². The van der Waals surface area contributed by atoms with E-state index < -0.39 is 17.9 Å². The topological polar surface area (TPSA) is 66.4 Å². The van der Waals surface area contributed by atoms with Gasteiger partial charge in [-0.3, -0.25) is 4.79 Å². The molecule has 0 radical (unpaired) electrons. The third-order valence-corrected chi connectivity index (χ3v) is 3.10. The van der Waals surface area contributed by atoms with Crippen molar-refractivity contribution in [2.45, 2.75) is 25.8 Å². The SMILES string of the molecule is C=CCCC(NC(=O)c1ccc(C)c(Cl)c1)C(=O)O. The standard InChI is InChI=1S/C14H16ClNO3/c1-3-4-5-12(14(18)19)16-13(17)10-7-6-9(2)11(15)8-10/h3,6-8,12H,1,4-5H2,2H3,(H,16,17)(H,18,19). The maximum atomic E-state index is 11.9. The van der Waals surface area contributed by atoms with Gasteiger partial charge in [0, 0.05) is 10.6 Å². The molecule has 1 atom stereocenters. The summed E-state index contributed by atoms with van der Waals surface area (Å²) in [4.78, 5) is 22.9. The van der Waals surface area contributed by atoms with Crippen molar-refractivity contribution >= 4 is 23.5 Å². The zero-order chi connectivity index (χ0) is 14.4. The Labute approximate surface area is 117 Å². The van der Waals surface area contributed by atoms with Gasteiger partial charge in [0.1, 0.15) is 6.04 Å². The van der Waals surface area contributed by atoms with Gasteiger partial charge in [-0.1, -0.05) is 23.7 Å². The Morgan fingerprint density at radius 2 is 2.21 bits per heavy atom. The molecule has 0 aliphatic heterocycles. The first-order valence-corrected chi connectivity index (χ1v) is 6.24. The Balaban J connectivity index is 2.78. The lowest BCUT2D eigenvalue weighted by Crippen LogP contribution is -2.40. The van der Waals surface area contributed by atoms with Gasteiger partial charge in [0.2, 0.25) is 0 Å². The molecule has 1 amide bonds. The van der Waals surface area contributed by atoms with Gasteiger partial charge in [-0.2, -0.15) is 0 Å². The van der Waals surface area contributed by atoms with Gasteiger partial charge in [-0.15, -0.1) is 6.58 Å². The van der Waals surface area contributed by atoms with E-state index in [1.54, 1.807) is 18.2 Å². The van der Waals surface area contributed by atoms with Crippen LogP contribution in [0.15, 0.2) is 30.9 Å². The minimum absolute atomic E-state index is 0.310. The van der Waals surface area contributed by atoms with Crippen LogP contribution in [0.1, 0.15) is 28.8 Å². The summed E-state index contributed by atoms with van der Waals surface area (Å²) >= 11 is 5.93. The molecule has 19 heavy (non-hydrogen) atoms. The number of hydrogen-bond acceptors (Lipinski definition) is 2. The number of carboxylic acid groups (broad SMARTS) is 1. The highest BCUT2D eigenvalue weighted by Crippen LogP contribution is 2.16. The van der Waals surface area contributed by atoms with Crippen LogP contribution in [-0.4, -0.2) is 23.0 Å². The fourth-order valence-electron chi connectivity index (χ4n) is 1.52. The number of nitrogens with one attached hydrogen (secondary N) is 1. The summed E-state index contributed by atoms with van der Waals surface area (Å²) in [6.07, 6.45) is 2.45. The summed E-state index contributed by atoms with van der Waals surface area (Å²) in [5.41, 5.74) is 1.21. The molecular formula is C14H16ClNO3. The number of rotatable bonds is 6. The number of hydrogen-bond donors (Lipinski definition) is 2. The Hall–Kier alpha value is -1.81. The molecule has 1 rings (SSSR count). The zero-order valence-electron chi connectivity index (χ0n) is 10.6. The van der Waals surface area contributed by atoms with E-state index in [2.05, 4.69) is 11.9 Å². The smallest absolute Gasteiger partial charge is 0.326 e. The minimum Gasteiger partial charge on any atom is -0.480 e. The number of amides is 1. The first kappa shape index (κ1) is 15.2. The molecule has 4 nitrogen and oxygen atoms in total. The molecule has 0 saturated heterocycles. The fraction of sp³-hybridized carbons (Fsp3) is 0.286. The van der Waals surface area contributed by atoms with Crippen molar-refractivity contribution in [3.63, 3.8) is 0 Å². The van der Waals surface area contributed by atoms with Crippen LogP contribution in [0.3, 0.4) is 0 Å². The Bertz CT molecular complexity index is 499. The lowest BCUT2D eigenvalue weighted by Gasteiger charge is -2.14. The lowest BCUT2D eigenvalue weighted by atomic mass is 10.1. The van der Waals surface area contributed by atoms with Crippen LogP contribution in [0.4, 0.5) is 0 Å². The van der Waals surface area contributed by atoms with E-state index in [1.807, 2.05) is 6.92 Å². The maximum absolute atomic E-state index is 11.9. The van der Waals surface area contributed by atoms with Gasteiger partial charge in [-0.25, -0.2) is 4.79 Å². The third kappa shape index (κ3) is 4.41. The van der Waals surface area contributed by atoms with E-state index in [0.717, 1.165) is 5.56 Å². The van der Waals surface area contributed by atoms with Crippen molar-refractivity contribution in [3.8, 4) is 0 Å². The molecule has 0 saturated carbocycles. The van der Waals surface area contributed by atoms with E-state index in [0.29, 0.717) is 23.4 Å². The fourth-order valence-corrected chi connectivity index (χ4v) is 1.70. The van der Waals surface area contributed by atoms with Gasteiger partial charge in [0.15, 0.2) is 0 Å². The van der Waals surface area contributed by atoms with Crippen molar-refractivity contribution in [2.24, 2.45) is 0 Å². The van der Waals surface area contributed by atoms with Crippen LogP contribution in [0.2, 0.25) is 5.02 Å². The molecule has 102 valence electrons. The number of carbonyl (C=O) groups excluding carboxylic acids is 1. The molecule has 0 aliphatic carbocycles. The zero-order valence-corrected chi connectivity index (χ0v) is 11.4. The van der Waals surface area contributed by atoms with Gasteiger partial charge in [0.25, 0.3) is 5.91 Å². The second-order valence-corrected chi connectivity index (χ2v) is 4.60. The first-order chi connectivity index (χ1) is 8.95. The number of allylic oxidation sites excluding steroid dienone is 1. The molecule has 1 aromatic carbocycles. The molecule has 0 spiro atoms. The maximum Gasteiger partial charge on any atom is 0.326 e. The van der Waals surface area contributed by atoms with E-state index in [1.165, 1.54) is 6.07 Å². The van der Waals surface area contributed by atoms with Crippen LogP contribution < -0.4 is 5.32 Å². The summed E-state index contributed by atoms with van der Waals surface area (Å²) in [5.74, 6) is -1.51. The van der Waals surface area contributed by atoms with E-state index in [-0.39, 0.29) is 0 Å². The van der Waals surface area contributed by atoms with Crippen molar-refractivity contribution < 1.29 is 14.7 Å². The number of benzene rings is 1. The molecule has 1 unspecified atom stereocenters. The van der Waals surface area contributed by atoms with Crippen molar-refractivity contribution in [2.75, 3.05) is 0 Å². The summed E-state index contributed by atoms with van der Waals surface area (Å²) in [6, 6.07) is 3.93. The van der Waals surface area contributed by atoms with Crippen molar-refractivity contribution in [1.29, 1.82) is 0 Å². The van der Waals surface area contributed by atoms with Gasteiger partial charge in [-0.05, 0) is 37.5 Å². The Morgan fingerprint density at radius 3 is 2.74 bits per heavy atom. The average molecular weight is 282 g/mol.